The molecule has 2 aromatic rings. The van der Waals surface area contributed by atoms with Gasteiger partial charge in [-0.25, -0.2) is 9.97 Å². The van der Waals surface area contributed by atoms with E-state index in [-0.39, 0.29) is 5.91 Å². The number of aryl methyl sites for hydroxylation is 2. The second-order valence-corrected chi connectivity index (χ2v) is 6.92. The van der Waals surface area contributed by atoms with Gasteiger partial charge in [-0.05, 0) is 40.0 Å². The number of hydrogen-bond donors (Lipinski definition) is 1. The number of likely N-dealkylation sites (N-methyl/N-ethyl adjacent to an activating group) is 1. The number of nitrogens with one attached hydrogen (secondary N) is 1. The molecule has 7 nitrogen and oxygen atoms in total. The van der Waals surface area contributed by atoms with Crippen molar-refractivity contribution < 1.29 is 9.53 Å². The zero-order valence-electron chi connectivity index (χ0n) is 16.4. The van der Waals surface area contributed by atoms with E-state index in [4.69, 9.17) is 4.74 Å². The summed E-state index contributed by atoms with van der Waals surface area (Å²) in [7, 11) is 2.12. The molecule has 3 rings (SSSR count). The molecule has 2 heterocycles. The van der Waals surface area contributed by atoms with Gasteiger partial charge >= 0.3 is 0 Å². The number of piperazine rings is 1. The maximum atomic E-state index is 12.5. The van der Waals surface area contributed by atoms with Crippen LogP contribution in [-0.4, -0.2) is 60.1 Å². The lowest BCUT2D eigenvalue weighted by Gasteiger charge is -2.32. The molecule has 1 amide bonds. The van der Waals surface area contributed by atoms with Gasteiger partial charge in [-0.3, -0.25) is 4.79 Å². The minimum Gasteiger partial charge on any atom is -0.481 e. The molecule has 1 unspecified atom stereocenters. The van der Waals surface area contributed by atoms with Crippen molar-refractivity contribution in [2.75, 3.05) is 43.4 Å². The molecule has 1 aromatic heterocycles. The van der Waals surface area contributed by atoms with E-state index < -0.39 is 6.10 Å². The maximum absolute atomic E-state index is 12.5. The van der Waals surface area contributed by atoms with Crippen molar-refractivity contribution in [2.45, 2.75) is 26.9 Å². The predicted octanol–water partition coefficient (Wildman–Crippen LogP) is 2.25. The van der Waals surface area contributed by atoms with Crippen LogP contribution >= 0.6 is 0 Å². The summed E-state index contributed by atoms with van der Waals surface area (Å²) in [5.41, 5.74) is 2.18. The summed E-state index contributed by atoms with van der Waals surface area (Å²) < 4.78 is 5.69. The quantitative estimate of drug-likeness (QED) is 0.872. The minimum atomic E-state index is -0.622. The first-order valence-corrected chi connectivity index (χ1v) is 9.25. The van der Waals surface area contributed by atoms with Gasteiger partial charge in [-0.1, -0.05) is 18.2 Å². The molecule has 1 saturated heterocycles. The lowest BCUT2D eigenvalue weighted by molar-refractivity contribution is -0.122. The molecule has 27 heavy (non-hydrogen) atoms. The highest BCUT2D eigenvalue weighted by molar-refractivity contribution is 5.95. The highest BCUT2D eigenvalue weighted by atomic mass is 16.5. The molecule has 1 N–H and O–H groups in total. The molecular weight excluding hydrogens is 342 g/mol. The molecule has 0 spiro atoms. The number of anilines is 2. The highest BCUT2D eigenvalue weighted by Gasteiger charge is 2.21. The summed E-state index contributed by atoms with van der Waals surface area (Å²) in [6.45, 7) is 9.32. The van der Waals surface area contributed by atoms with Crippen molar-refractivity contribution in [3.05, 3.63) is 41.7 Å². The average molecular weight is 369 g/mol. The molecule has 7 heteroatoms. The van der Waals surface area contributed by atoms with E-state index in [9.17, 15) is 4.79 Å². The van der Waals surface area contributed by atoms with Crippen LogP contribution in [-0.2, 0) is 4.79 Å². The zero-order chi connectivity index (χ0) is 19.4. The number of para-hydroxylation sites is 1. The SMILES string of the molecule is Cc1nc(N2CCN(C)CC2)nc(C)c1NC(=O)C(C)Oc1ccccc1. The van der Waals surface area contributed by atoms with Crippen LogP contribution in [0.5, 0.6) is 5.75 Å². The third kappa shape index (κ3) is 4.74. The van der Waals surface area contributed by atoms with E-state index in [1.807, 2.05) is 44.2 Å². The Morgan fingerprint density at radius 1 is 1.07 bits per heavy atom. The summed E-state index contributed by atoms with van der Waals surface area (Å²) in [4.78, 5) is 26.3. The summed E-state index contributed by atoms with van der Waals surface area (Å²) in [5, 5.41) is 2.92. The van der Waals surface area contributed by atoms with Crippen LogP contribution in [0, 0.1) is 13.8 Å². The highest BCUT2D eigenvalue weighted by Crippen LogP contribution is 2.22. The molecule has 144 valence electrons. The van der Waals surface area contributed by atoms with Crippen LogP contribution in [0.2, 0.25) is 0 Å². The predicted molar refractivity (Wildman–Crippen MR) is 106 cm³/mol. The van der Waals surface area contributed by atoms with Crippen LogP contribution in [0.15, 0.2) is 30.3 Å². The first kappa shape index (κ1) is 19.1. The smallest absolute Gasteiger partial charge is 0.265 e. The fraction of sp³-hybridized carbons (Fsp3) is 0.450. The monoisotopic (exact) mass is 369 g/mol. The van der Waals surface area contributed by atoms with E-state index in [1.54, 1.807) is 6.92 Å². The number of amides is 1. The molecule has 1 aliphatic rings. The van der Waals surface area contributed by atoms with E-state index in [2.05, 4.69) is 32.1 Å². The number of aromatic nitrogens is 2. The van der Waals surface area contributed by atoms with Gasteiger partial charge in [0.1, 0.15) is 5.75 Å². The largest absolute Gasteiger partial charge is 0.481 e. The van der Waals surface area contributed by atoms with Crippen molar-refractivity contribution in [1.29, 1.82) is 0 Å². The minimum absolute atomic E-state index is 0.221. The van der Waals surface area contributed by atoms with Crippen molar-refractivity contribution in [3.8, 4) is 5.75 Å². The lowest BCUT2D eigenvalue weighted by Crippen LogP contribution is -2.45. The first-order chi connectivity index (χ1) is 12.9. The van der Waals surface area contributed by atoms with Gasteiger partial charge in [-0.15, -0.1) is 0 Å². The van der Waals surface area contributed by atoms with E-state index >= 15 is 0 Å². The van der Waals surface area contributed by atoms with Crippen molar-refractivity contribution in [1.82, 2.24) is 14.9 Å². The van der Waals surface area contributed by atoms with Crippen LogP contribution in [0.3, 0.4) is 0 Å². The third-order valence-electron chi connectivity index (χ3n) is 4.72. The van der Waals surface area contributed by atoms with Gasteiger partial charge in [-0.2, -0.15) is 0 Å². The first-order valence-electron chi connectivity index (χ1n) is 9.25. The van der Waals surface area contributed by atoms with Crippen molar-refractivity contribution in [2.24, 2.45) is 0 Å². The number of rotatable bonds is 5. The molecule has 0 aliphatic carbocycles. The Labute approximate surface area is 160 Å². The lowest BCUT2D eigenvalue weighted by atomic mass is 10.2. The Hall–Kier alpha value is -2.67. The van der Waals surface area contributed by atoms with Gasteiger partial charge in [0.25, 0.3) is 5.91 Å². The number of ether oxygens (including phenoxy) is 1. The number of carbonyl (C=O) groups excluding carboxylic acids is 1. The normalized spacial score (nSPS) is 16.1. The van der Waals surface area contributed by atoms with Gasteiger partial charge in [0, 0.05) is 26.2 Å². The molecule has 1 atom stereocenters. The summed E-state index contributed by atoms with van der Waals surface area (Å²) in [5.74, 6) is 1.17. The van der Waals surface area contributed by atoms with Crippen LogP contribution in [0.25, 0.3) is 0 Å². The second kappa shape index (κ2) is 8.35. The van der Waals surface area contributed by atoms with E-state index in [1.165, 1.54) is 0 Å². The molecular formula is C20H27N5O2. The van der Waals surface area contributed by atoms with Crippen LogP contribution in [0.1, 0.15) is 18.3 Å². The molecule has 1 fully saturated rings. The number of nitrogens with zero attached hydrogens (tertiary/aromatic N) is 4. The number of hydrogen-bond acceptors (Lipinski definition) is 6. The van der Waals surface area contributed by atoms with Gasteiger partial charge < -0.3 is 19.9 Å². The topological polar surface area (TPSA) is 70.6 Å². The molecule has 0 bridgehead atoms. The summed E-state index contributed by atoms with van der Waals surface area (Å²) in [6, 6.07) is 9.31. The summed E-state index contributed by atoms with van der Waals surface area (Å²) >= 11 is 0. The fourth-order valence-corrected chi connectivity index (χ4v) is 3.01. The second-order valence-electron chi connectivity index (χ2n) is 6.92. The Morgan fingerprint density at radius 3 is 2.26 bits per heavy atom. The summed E-state index contributed by atoms with van der Waals surface area (Å²) in [6.07, 6.45) is -0.622. The van der Waals surface area contributed by atoms with Gasteiger partial charge in [0.15, 0.2) is 6.10 Å². The maximum Gasteiger partial charge on any atom is 0.265 e. The molecule has 1 aromatic carbocycles. The van der Waals surface area contributed by atoms with Gasteiger partial charge in [0.2, 0.25) is 5.95 Å². The number of benzene rings is 1. The van der Waals surface area contributed by atoms with Crippen LogP contribution < -0.4 is 15.0 Å². The zero-order valence-corrected chi connectivity index (χ0v) is 16.4. The average Bonchev–Trinajstić information content (AvgIpc) is 2.65. The van der Waals surface area contributed by atoms with Crippen molar-refractivity contribution >= 4 is 17.5 Å². The molecule has 0 saturated carbocycles. The third-order valence-corrected chi connectivity index (χ3v) is 4.72. The molecule has 0 radical (unpaired) electrons. The number of carbonyl (C=O) groups is 1. The standard InChI is InChI=1S/C20H27N5O2/c1-14-18(23-19(26)16(3)27-17-8-6-5-7-9-17)15(2)22-20(21-14)25-12-10-24(4)11-13-25/h5-9,16H,10-13H2,1-4H3,(H,23,26). The Bertz CT molecular complexity index is 765. The molecule has 1 aliphatic heterocycles. The van der Waals surface area contributed by atoms with E-state index in [0.29, 0.717) is 11.4 Å². The van der Waals surface area contributed by atoms with Crippen molar-refractivity contribution in [3.63, 3.8) is 0 Å². The van der Waals surface area contributed by atoms with Gasteiger partial charge in [0.05, 0.1) is 17.1 Å². The Balaban J connectivity index is 1.68. The fourth-order valence-electron chi connectivity index (χ4n) is 3.01. The Kier molecular flexibility index (Phi) is 5.91. The van der Waals surface area contributed by atoms with E-state index in [0.717, 1.165) is 43.5 Å². The van der Waals surface area contributed by atoms with Crippen LogP contribution in [0.4, 0.5) is 11.6 Å². The Morgan fingerprint density at radius 2 is 1.67 bits per heavy atom.